The summed E-state index contributed by atoms with van der Waals surface area (Å²) in [6.07, 6.45) is 0. The molecular weight excluding hydrogens is 745 g/mol. The predicted molar refractivity (Wildman–Crippen MR) is 148 cm³/mol. The van der Waals surface area contributed by atoms with Gasteiger partial charge in [0, 0.05) is 76.2 Å². The van der Waals surface area contributed by atoms with Crippen molar-refractivity contribution in [1.82, 2.24) is 24.9 Å². The van der Waals surface area contributed by atoms with Crippen LogP contribution < -0.4 is 5.73 Å². The second-order valence-electron chi connectivity index (χ2n) is 7.48. The molecule has 35 heavy (non-hydrogen) atoms. The van der Waals surface area contributed by atoms with Crippen LogP contribution in [0.1, 0.15) is 59.9 Å². The van der Waals surface area contributed by atoms with Gasteiger partial charge >= 0.3 is 0 Å². The number of aryl methyl sites for hydroxylation is 6. The van der Waals surface area contributed by atoms with E-state index in [2.05, 4.69) is 44.0 Å². The zero-order valence-corrected chi connectivity index (χ0v) is 31.3. The van der Waals surface area contributed by atoms with E-state index in [1.54, 1.807) is 18.3 Å². The molecule has 12 heteroatoms. The maximum atomic E-state index is 10.1. The van der Waals surface area contributed by atoms with Crippen LogP contribution in [0.15, 0.2) is 0 Å². The van der Waals surface area contributed by atoms with E-state index in [4.69, 9.17) is 18.0 Å². The third-order valence-corrected chi connectivity index (χ3v) is 5.32. The van der Waals surface area contributed by atoms with Gasteiger partial charge in [-0.1, -0.05) is 53.8 Å². The number of aromatic nitrogens is 5. The number of halogens is 1. The number of ketones is 1. The molecule has 0 aliphatic carbocycles. The van der Waals surface area contributed by atoms with Crippen LogP contribution in [-0.4, -0.2) is 35.7 Å². The summed E-state index contributed by atoms with van der Waals surface area (Å²) >= 11 is 6.36. The van der Waals surface area contributed by atoms with Crippen LogP contribution in [0.4, 0.5) is 0 Å². The van der Waals surface area contributed by atoms with Gasteiger partial charge in [0.05, 0.1) is 5.69 Å². The number of thiocarbonyl (C=S) groups is 1. The van der Waals surface area contributed by atoms with E-state index in [1.165, 1.54) is 4.88 Å². The second kappa shape index (κ2) is 19.4. The van der Waals surface area contributed by atoms with Crippen molar-refractivity contribution in [1.29, 1.82) is 0 Å². The first-order valence-corrected chi connectivity index (χ1v) is 11.3. The Morgan fingerprint density at radius 1 is 0.857 bits per heavy atom. The number of hydrogen-bond acceptors (Lipinski definition) is 8. The van der Waals surface area contributed by atoms with Crippen LogP contribution >= 0.6 is 47.5 Å². The Hall–Kier alpha value is 0.288. The fraction of sp³-hybridized carbons (Fsp3) is 0.435. The molecule has 0 aromatic carbocycles. The first kappa shape index (κ1) is 39.8. The van der Waals surface area contributed by atoms with E-state index in [-0.39, 0.29) is 106 Å². The normalized spacial score (nSPS) is 9.20. The molecule has 0 saturated carbocycles. The molecule has 0 fully saturated rings. The predicted octanol–water partition coefficient (Wildman–Crippen LogP) is 5.01. The number of nitrogens with zero attached hydrogens (tertiary/aromatic N) is 5. The fourth-order valence-corrected chi connectivity index (χ4v) is 3.03. The molecule has 3 rings (SSSR count). The number of nitrogens with two attached hydrogens (primary N) is 1. The Morgan fingerprint density at radius 3 is 1.51 bits per heavy atom. The van der Waals surface area contributed by atoms with Gasteiger partial charge in [0.25, 0.3) is 0 Å². The molecule has 3 heterocycles. The van der Waals surface area contributed by atoms with Crippen molar-refractivity contribution < 1.29 is 70.2 Å². The largest absolute Gasteiger partial charge is 0.427 e. The average Bonchev–Trinajstić information content (AvgIpc) is 3.00. The Labute approximate surface area is 285 Å². The SMILES string of the molecule is CC(=O)C(C)C.Cc1[c-]c(C)nc(-c2nc(C)c(C)s2)n1.Cc1[c-]c(C)nc(C(N)=S)n1.I.[Y].[Y]. The van der Waals surface area contributed by atoms with Crippen molar-refractivity contribution in [2.45, 2.75) is 62.3 Å². The smallest absolute Gasteiger partial charge is 0.183 e. The minimum atomic E-state index is 0. The Kier molecular flexibility index (Phi) is 22.0. The third-order valence-electron chi connectivity index (χ3n) is 4.07. The van der Waals surface area contributed by atoms with Gasteiger partial charge in [0.1, 0.15) is 10.8 Å². The second-order valence-corrected chi connectivity index (χ2v) is 9.12. The molecule has 0 aliphatic rings. The molecule has 2 radical (unpaired) electrons. The molecule has 0 bridgehead atoms. The van der Waals surface area contributed by atoms with Gasteiger partial charge < -0.3 is 17.9 Å². The van der Waals surface area contributed by atoms with Crippen molar-refractivity contribution in [2.75, 3.05) is 0 Å². The van der Waals surface area contributed by atoms with Crippen LogP contribution in [0, 0.1) is 59.6 Å². The van der Waals surface area contributed by atoms with E-state index in [1.807, 2.05) is 48.5 Å². The molecule has 3 aromatic heterocycles. The molecule has 0 amide bonds. The first-order chi connectivity index (χ1) is 14.8. The molecule has 0 aliphatic heterocycles. The summed E-state index contributed by atoms with van der Waals surface area (Å²) in [6, 6.07) is 5.98. The maximum Gasteiger partial charge on any atom is 0.183 e. The number of thiazole rings is 1. The Bertz CT molecular complexity index is 1050. The number of carbonyl (C=O) groups is 1. The summed E-state index contributed by atoms with van der Waals surface area (Å²) < 4.78 is 0. The van der Waals surface area contributed by atoms with E-state index in [0.29, 0.717) is 11.6 Å². The van der Waals surface area contributed by atoms with Crippen molar-refractivity contribution in [3.8, 4) is 10.8 Å². The molecule has 2 N–H and O–H groups in total. The molecule has 7 nitrogen and oxygen atoms in total. The van der Waals surface area contributed by atoms with Crippen molar-refractivity contribution >= 4 is 58.3 Å². The summed E-state index contributed by atoms with van der Waals surface area (Å²) in [5.74, 6) is 1.61. The van der Waals surface area contributed by atoms with Crippen LogP contribution in [0.5, 0.6) is 0 Å². The summed E-state index contributed by atoms with van der Waals surface area (Å²) in [6.45, 7) is 17.0. The number of rotatable bonds is 3. The summed E-state index contributed by atoms with van der Waals surface area (Å²) in [7, 11) is 0. The minimum absolute atomic E-state index is 0. The molecule has 3 aromatic rings. The first-order valence-electron chi connectivity index (χ1n) is 10.0. The van der Waals surface area contributed by atoms with E-state index >= 15 is 0 Å². The van der Waals surface area contributed by atoms with Gasteiger partial charge in [0.2, 0.25) is 0 Å². The zero-order chi connectivity index (χ0) is 24.6. The average molecular weight is 776 g/mol. The van der Waals surface area contributed by atoms with Gasteiger partial charge in [-0.3, -0.25) is 24.7 Å². The van der Waals surface area contributed by atoms with Crippen molar-refractivity contribution in [3.05, 3.63) is 51.3 Å². The van der Waals surface area contributed by atoms with Gasteiger partial charge in [-0.05, 0) is 20.8 Å². The molecule has 0 atom stereocenters. The topological polar surface area (TPSA) is 108 Å². The fourth-order valence-electron chi connectivity index (χ4n) is 2.10. The number of carbonyl (C=O) groups excluding carboxylic acids is 1. The minimum Gasteiger partial charge on any atom is -0.427 e. The molecule has 0 saturated heterocycles. The van der Waals surface area contributed by atoms with Gasteiger partial charge in [-0.25, -0.2) is 4.98 Å². The van der Waals surface area contributed by atoms with Crippen LogP contribution in [0.2, 0.25) is 0 Å². The van der Waals surface area contributed by atoms with Crippen molar-refractivity contribution in [3.63, 3.8) is 0 Å². The summed E-state index contributed by atoms with van der Waals surface area (Å²) in [4.78, 5) is 32.7. The number of Topliss-reactive ketones (excluding diaryl/α,β-unsaturated/α-hetero) is 1. The van der Waals surface area contributed by atoms with E-state index in [9.17, 15) is 4.79 Å². The maximum absolute atomic E-state index is 10.1. The summed E-state index contributed by atoms with van der Waals surface area (Å²) in [5.41, 5.74) is 9.66. The zero-order valence-electron chi connectivity index (χ0n) is 21.7. The van der Waals surface area contributed by atoms with Crippen LogP contribution in [0.25, 0.3) is 10.8 Å². The van der Waals surface area contributed by atoms with Crippen molar-refractivity contribution in [2.24, 2.45) is 11.7 Å². The summed E-state index contributed by atoms with van der Waals surface area (Å²) in [5, 5.41) is 0.894. The van der Waals surface area contributed by atoms with Crippen LogP contribution in [-0.2, 0) is 70.2 Å². The molecule has 0 unspecified atom stereocenters. The van der Waals surface area contributed by atoms with Gasteiger partial charge in [-0.2, -0.15) is 0 Å². The standard InChI is InChI=1S/C11H12N3S.C7H8N3S.C5H10O.HI.2Y/c1-6-5-7(2)13-10(12-6)11-14-8(3)9(4)15-11;1-4-3-5(2)10-7(9-4)6(8)11;1-4(2)5(3)6;;;/h1-4H3;1-2H3,(H2,8,11);4H,1-3H3;1H;;/q2*-1;;;;. The molecule has 186 valence electrons. The van der Waals surface area contributed by atoms with Crippen LogP contribution in [0.3, 0.4) is 0 Å². The monoisotopic (exact) mass is 776 g/mol. The quantitative estimate of drug-likeness (QED) is 0.225. The van der Waals surface area contributed by atoms with E-state index in [0.717, 1.165) is 33.5 Å². The Morgan fingerprint density at radius 2 is 1.23 bits per heavy atom. The van der Waals surface area contributed by atoms with E-state index < -0.39 is 0 Å². The molecular formula is C23H31IN6OS2Y2-2. The van der Waals surface area contributed by atoms with Gasteiger partial charge in [-0.15, -0.1) is 58.1 Å². The van der Waals surface area contributed by atoms with Gasteiger partial charge in [0.15, 0.2) is 16.7 Å². The third kappa shape index (κ3) is 15.3. The molecule has 0 spiro atoms. The number of hydrogen-bond donors (Lipinski definition) is 1. The Balaban J connectivity index is -0.000000458.